The van der Waals surface area contributed by atoms with E-state index in [2.05, 4.69) is 47.4 Å². The minimum Gasteiger partial charge on any atom is -0.345 e. The van der Waals surface area contributed by atoms with Gasteiger partial charge in [0.1, 0.15) is 0 Å². The Morgan fingerprint density at radius 2 is 1.83 bits per heavy atom. The topological polar surface area (TPSA) is 59.8 Å². The van der Waals surface area contributed by atoms with Crippen LogP contribution in [0.25, 0.3) is 0 Å². The summed E-state index contributed by atoms with van der Waals surface area (Å²) in [5.74, 6) is -0.0381. The summed E-state index contributed by atoms with van der Waals surface area (Å²) in [4.78, 5) is 17.1. The molecule has 0 fully saturated rings. The molecule has 0 radical (unpaired) electrons. The molecule has 6 heteroatoms. The Balaban J connectivity index is 1.85. The maximum Gasteiger partial charge on any atom is 0.222 e. The number of rotatable bonds is 6. The Labute approximate surface area is 177 Å². The largest absolute Gasteiger partial charge is 0.345 e. The highest BCUT2D eigenvalue weighted by atomic mass is 35.5. The molecule has 2 unspecified atom stereocenters. The summed E-state index contributed by atoms with van der Waals surface area (Å²) in [5, 5.41) is 8.35. The SMILES string of the molecule is Cc1ccc(C)c(C(NC(=O)CC(C)n2nc(C)c(Cl)c2C)c2ccncc2)c1. The third kappa shape index (κ3) is 4.67. The van der Waals surface area contributed by atoms with Crippen LogP contribution in [0.15, 0.2) is 42.7 Å². The molecule has 3 aromatic rings. The Kier molecular flexibility index (Phi) is 6.38. The quantitative estimate of drug-likeness (QED) is 0.620. The van der Waals surface area contributed by atoms with Crippen molar-refractivity contribution in [2.45, 2.75) is 53.1 Å². The molecule has 3 rings (SSSR count). The lowest BCUT2D eigenvalue weighted by Crippen LogP contribution is -2.31. The van der Waals surface area contributed by atoms with Crippen LogP contribution in [0.4, 0.5) is 0 Å². The van der Waals surface area contributed by atoms with Gasteiger partial charge in [-0.3, -0.25) is 14.5 Å². The Morgan fingerprint density at radius 3 is 2.45 bits per heavy atom. The van der Waals surface area contributed by atoms with Crippen LogP contribution in [-0.4, -0.2) is 20.7 Å². The van der Waals surface area contributed by atoms with E-state index in [0.29, 0.717) is 11.4 Å². The standard InChI is InChI=1S/C23H27ClN4O/c1-14-6-7-15(2)20(12-14)23(19-8-10-25-11-9-19)26-21(29)13-16(3)28-18(5)22(24)17(4)27-28/h6-12,16,23H,13H2,1-5H3,(H,26,29). The highest BCUT2D eigenvalue weighted by Gasteiger charge is 2.22. The number of carbonyl (C=O) groups is 1. The lowest BCUT2D eigenvalue weighted by atomic mass is 9.94. The Bertz CT molecular complexity index is 1010. The fourth-order valence-corrected chi connectivity index (χ4v) is 3.74. The van der Waals surface area contributed by atoms with Crippen LogP contribution in [-0.2, 0) is 4.79 Å². The van der Waals surface area contributed by atoms with Crippen molar-refractivity contribution >= 4 is 17.5 Å². The van der Waals surface area contributed by atoms with Crippen molar-refractivity contribution in [2.24, 2.45) is 0 Å². The first-order valence-electron chi connectivity index (χ1n) is 9.75. The number of aromatic nitrogens is 3. The van der Waals surface area contributed by atoms with Gasteiger partial charge in [-0.1, -0.05) is 35.4 Å². The molecule has 2 atom stereocenters. The minimum absolute atomic E-state index is 0.0381. The number of halogens is 1. The number of amides is 1. The summed E-state index contributed by atoms with van der Waals surface area (Å²) in [6.45, 7) is 9.90. The molecule has 0 aliphatic carbocycles. The first kappa shape index (κ1) is 21.1. The first-order chi connectivity index (χ1) is 13.8. The van der Waals surface area contributed by atoms with E-state index in [1.807, 2.05) is 37.6 Å². The maximum absolute atomic E-state index is 13.0. The van der Waals surface area contributed by atoms with Crippen molar-refractivity contribution in [3.05, 3.63) is 81.4 Å². The molecule has 0 bridgehead atoms. The van der Waals surface area contributed by atoms with Crippen molar-refractivity contribution in [1.82, 2.24) is 20.1 Å². The van der Waals surface area contributed by atoms with Gasteiger partial charge in [0, 0.05) is 18.8 Å². The van der Waals surface area contributed by atoms with Crippen LogP contribution in [0.5, 0.6) is 0 Å². The van der Waals surface area contributed by atoms with Gasteiger partial charge in [-0.05, 0) is 63.4 Å². The highest BCUT2D eigenvalue weighted by Crippen LogP contribution is 2.27. The molecular formula is C23H27ClN4O. The molecule has 0 spiro atoms. The molecule has 0 saturated heterocycles. The highest BCUT2D eigenvalue weighted by molar-refractivity contribution is 6.31. The van der Waals surface area contributed by atoms with E-state index in [0.717, 1.165) is 33.6 Å². The fourth-order valence-electron chi connectivity index (χ4n) is 3.61. The van der Waals surface area contributed by atoms with E-state index in [9.17, 15) is 4.79 Å². The first-order valence-corrected chi connectivity index (χ1v) is 10.1. The second kappa shape index (κ2) is 8.78. The normalized spacial score (nSPS) is 13.2. The number of benzene rings is 1. The fraction of sp³-hybridized carbons (Fsp3) is 0.348. The zero-order chi connectivity index (χ0) is 21.1. The molecule has 1 aromatic carbocycles. The monoisotopic (exact) mass is 410 g/mol. The van der Waals surface area contributed by atoms with Gasteiger partial charge >= 0.3 is 0 Å². The third-order valence-corrected chi connectivity index (χ3v) is 5.77. The molecule has 0 saturated carbocycles. The lowest BCUT2D eigenvalue weighted by Gasteiger charge is -2.23. The van der Waals surface area contributed by atoms with Gasteiger partial charge < -0.3 is 5.32 Å². The maximum atomic E-state index is 13.0. The number of aryl methyl sites for hydroxylation is 3. The van der Waals surface area contributed by atoms with Crippen LogP contribution < -0.4 is 5.32 Å². The zero-order valence-corrected chi connectivity index (χ0v) is 18.3. The van der Waals surface area contributed by atoms with Crippen LogP contribution in [0, 0.1) is 27.7 Å². The van der Waals surface area contributed by atoms with Crippen molar-refractivity contribution < 1.29 is 4.79 Å². The van der Waals surface area contributed by atoms with E-state index >= 15 is 0 Å². The van der Waals surface area contributed by atoms with Crippen LogP contribution >= 0.6 is 11.6 Å². The predicted molar refractivity (Wildman–Crippen MR) is 116 cm³/mol. The average Bonchev–Trinajstić information content (AvgIpc) is 2.96. The molecule has 2 aromatic heterocycles. The second-order valence-electron chi connectivity index (χ2n) is 7.62. The second-order valence-corrected chi connectivity index (χ2v) is 8.00. The third-order valence-electron chi connectivity index (χ3n) is 5.23. The lowest BCUT2D eigenvalue weighted by molar-refractivity contribution is -0.122. The van der Waals surface area contributed by atoms with Crippen molar-refractivity contribution in [3.8, 4) is 0 Å². The average molecular weight is 411 g/mol. The summed E-state index contributed by atoms with van der Waals surface area (Å²) in [6.07, 6.45) is 3.81. The summed E-state index contributed by atoms with van der Waals surface area (Å²) in [6, 6.07) is 9.85. The molecule has 0 aliphatic heterocycles. The van der Waals surface area contributed by atoms with Crippen molar-refractivity contribution in [2.75, 3.05) is 0 Å². The summed E-state index contributed by atoms with van der Waals surface area (Å²) in [7, 11) is 0. The number of carbonyl (C=O) groups excluding carboxylic acids is 1. The van der Waals surface area contributed by atoms with Gasteiger partial charge in [0.25, 0.3) is 0 Å². The predicted octanol–water partition coefficient (Wildman–Crippen LogP) is 5.02. The van der Waals surface area contributed by atoms with E-state index < -0.39 is 0 Å². The molecule has 0 aliphatic rings. The molecule has 1 N–H and O–H groups in total. The van der Waals surface area contributed by atoms with Crippen LogP contribution in [0.3, 0.4) is 0 Å². The van der Waals surface area contributed by atoms with E-state index in [1.165, 1.54) is 0 Å². The van der Waals surface area contributed by atoms with Crippen LogP contribution in [0.2, 0.25) is 5.02 Å². The van der Waals surface area contributed by atoms with Gasteiger partial charge in [-0.2, -0.15) is 5.10 Å². The number of hydrogen-bond acceptors (Lipinski definition) is 3. The molecule has 1 amide bonds. The molecule has 2 heterocycles. The van der Waals surface area contributed by atoms with Gasteiger partial charge in [0.05, 0.1) is 28.5 Å². The van der Waals surface area contributed by atoms with Gasteiger partial charge in [-0.25, -0.2) is 0 Å². The van der Waals surface area contributed by atoms with Crippen LogP contribution in [0.1, 0.15) is 59.1 Å². The zero-order valence-electron chi connectivity index (χ0n) is 17.5. The van der Waals surface area contributed by atoms with Gasteiger partial charge in [0.2, 0.25) is 5.91 Å². The molecule has 152 valence electrons. The molecular weight excluding hydrogens is 384 g/mol. The van der Waals surface area contributed by atoms with E-state index in [-0.39, 0.29) is 18.0 Å². The number of hydrogen-bond donors (Lipinski definition) is 1. The smallest absolute Gasteiger partial charge is 0.222 e. The minimum atomic E-state index is -0.235. The van der Waals surface area contributed by atoms with E-state index in [1.54, 1.807) is 12.4 Å². The van der Waals surface area contributed by atoms with Crippen molar-refractivity contribution in [1.29, 1.82) is 0 Å². The van der Waals surface area contributed by atoms with Crippen molar-refractivity contribution in [3.63, 3.8) is 0 Å². The van der Waals surface area contributed by atoms with Gasteiger partial charge in [0.15, 0.2) is 0 Å². The Hall–Kier alpha value is -2.66. The Morgan fingerprint density at radius 1 is 1.14 bits per heavy atom. The number of pyridine rings is 1. The molecule has 29 heavy (non-hydrogen) atoms. The summed E-state index contributed by atoms with van der Waals surface area (Å²) in [5.41, 5.74) is 6.04. The van der Waals surface area contributed by atoms with Gasteiger partial charge in [-0.15, -0.1) is 0 Å². The number of nitrogens with zero attached hydrogens (tertiary/aromatic N) is 3. The summed E-state index contributed by atoms with van der Waals surface area (Å²) >= 11 is 6.27. The number of nitrogens with one attached hydrogen (secondary N) is 1. The van der Waals surface area contributed by atoms with E-state index in [4.69, 9.17) is 11.6 Å². The summed E-state index contributed by atoms with van der Waals surface area (Å²) < 4.78 is 1.83. The molecule has 5 nitrogen and oxygen atoms in total.